The molecule has 2 N–H and O–H groups in total. The lowest BCUT2D eigenvalue weighted by Gasteiger charge is -2.53. The van der Waals surface area contributed by atoms with Crippen LogP contribution in [0.4, 0.5) is 0 Å². The number of fused-ring (bicyclic) bond motifs is 1. The average molecular weight is 404 g/mol. The zero-order valence-corrected chi connectivity index (χ0v) is 17.4. The van der Waals surface area contributed by atoms with Gasteiger partial charge in [0, 0.05) is 45.0 Å². The molecule has 1 aromatic heterocycles. The van der Waals surface area contributed by atoms with Gasteiger partial charge in [0.1, 0.15) is 0 Å². The van der Waals surface area contributed by atoms with Crippen molar-refractivity contribution >= 4 is 11.8 Å². The Bertz CT molecular complexity index is 703. The van der Waals surface area contributed by atoms with E-state index in [4.69, 9.17) is 4.74 Å². The molecule has 1 aromatic rings. The number of likely N-dealkylation sites (N-methyl/N-ethyl adjacent to an activating group) is 1. The predicted octanol–water partition coefficient (Wildman–Crippen LogP) is 0.950. The van der Waals surface area contributed by atoms with Crippen molar-refractivity contribution in [2.45, 2.75) is 57.0 Å². The molecule has 29 heavy (non-hydrogen) atoms. The minimum Gasteiger partial charge on any atom is -0.381 e. The number of nitrogens with zero attached hydrogens (tertiary/aromatic N) is 3. The molecule has 0 radical (unpaired) electrons. The molecular weight excluding hydrogens is 370 g/mol. The number of likely N-dealkylation sites (tertiary alicyclic amines) is 2. The number of carbonyl (C=O) groups is 2. The van der Waals surface area contributed by atoms with Crippen LogP contribution < -0.4 is 5.32 Å². The van der Waals surface area contributed by atoms with Gasteiger partial charge in [-0.15, -0.1) is 0 Å². The van der Waals surface area contributed by atoms with Crippen molar-refractivity contribution in [3.05, 3.63) is 18.0 Å². The number of aromatic amines is 1. The van der Waals surface area contributed by atoms with Crippen LogP contribution in [-0.4, -0.2) is 83.8 Å². The second kappa shape index (κ2) is 8.83. The fraction of sp³-hybridized carbons (Fsp3) is 0.762. The maximum atomic E-state index is 13.5. The topological polar surface area (TPSA) is 90.6 Å². The number of amides is 2. The second-order valence-corrected chi connectivity index (χ2v) is 8.84. The maximum absolute atomic E-state index is 13.5. The molecule has 8 nitrogen and oxygen atoms in total. The summed E-state index contributed by atoms with van der Waals surface area (Å²) in [4.78, 5) is 30.9. The Hall–Kier alpha value is -1.93. The van der Waals surface area contributed by atoms with E-state index in [0.29, 0.717) is 26.1 Å². The average Bonchev–Trinajstić information content (AvgIpc) is 3.26. The summed E-state index contributed by atoms with van der Waals surface area (Å²) in [6, 6.07) is 0.143. The van der Waals surface area contributed by atoms with Crippen molar-refractivity contribution in [3.8, 4) is 0 Å². The smallest absolute Gasteiger partial charge is 0.228 e. The molecule has 4 rings (SSSR count). The Morgan fingerprint density at radius 1 is 1.31 bits per heavy atom. The fourth-order valence-corrected chi connectivity index (χ4v) is 5.18. The van der Waals surface area contributed by atoms with Crippen LogP contribution in [0.15, 0.2) is 12.4 Å². The van der Waals surface area contributed by atoms with Gasteiger partial charge in [0.2, 0.25) is 11.8 Å². The van der Waals surface area contributed by atoms with Crippen molar-refractivity contribution in [3.63, 3.8) is 0 Å². The summed E-state index contributed by atoms with van der Waals surface area (Å²) in [5, 5.41) is 10.1. The molecular formula is C21H33N5O3. The number of hydrogen-bond acceptors (Lipinski definition) is 5. The highest BCUT2D eigenvalue weighted by molar-refractivity contribution is 5.86. The van der Waals surface area contributed by atoms with Gasteiger partial charge in [-0.25, -0.2) is 0 Å². The summed E-state index contributed by atoms with van der Waals surface area (Å²) < 4.78 is 5.43. The number of rotatable bonds is 5. The van der Waals surface area contributed by atoms with Crippen molar-refractivity contribution < 1.29 is 14.3 Å². The largest absolute Gasteiger partial charge is 0.381 e. The molecule has 0 aromatic carbocycles. The molecule has 3 fully saturated rings. The van der Waals surface area contributed by atoms with E-state index in [2.05, 4.69) is 27.5 Å². The second-order valence-electron chi connectivity index (χ2n) is 8.84. The van der Waals surface area contributed by atoms with Crippen LogP contribution in [-0.2, 0) is 20.7 Å². The van der Waals surface area contributed by atoms with Gasteiger partial charge >= 0.3 is 0 Å². The first-order valence-electron chi connectivity index (χ1n) is 10.9. The molecule has 0 unspecified atom stereocenters. The van der Waals surface area contributed by atoms with Gasteiger partial charge in [-0.3, -0.25) is 14.7 Å². The van der Waals surface area contributed by atoms with E-state index in [-0.39, 0.29) is 23.9 Å². The maximum Gasteiger partial charge on any atom is 0.228 e. The van der Waals surface area contributed by atoms with E-state index in [0.717, 1.165) is 57.3 Å². The minimum atomic E-state index is -0.464. The highest BCUT2D eigenvalue weighted by Gasteiger charge is 2.53. The Morgan fingerprint density at radius 2 is 2.14 bits per heavy atom. The molecule has 160 valence electrons. The molecule has 0 bridgehead atoms. The molecule has 4 heterocycles. The van der Waals surface area contributed by atoms with Crippen LogP contribution in [0, 0.1) is 5.41 Å². The molecule has 0 saturated carbocycles. The first-order valence-corrected chi connectivity index (χ1v) is 10.9. The van der Waals surface area contributed by atoms with Crippen LogP contribution in [0.1, 0.15) is 44.1 Å². The van der Waals surface area contributed by atoms with E-state index < -0.39 is 5.41 Å². The van der Waals surface area contributed by atoms with E-state index in [1.165, 1.54) is 0 Å². The molecule has 2 amide bonds. The lowest BCUT2D eigenvalue weighted by atomic mass is 9.67. The van der Waals surface area contributed by atoms with Crippen molar-refractivity contribution in [1.82, 2.24) is 25.3 Å². The molecule has 3 aliphatic rings. The third kappa shape index (κ3) is 4.33. The summed E-state index contributed by atoms with van der Waals surface area (Å²) >= 11 is 0. The van der Waals surface area contributed by atoms with E-state index in [1.54, 1.807) is 6.20 Å². The van der Waals surface area contributed by atoms with Crippen LogP contribution in [0.2, 0.25) is 0 Å². The minimum absolute atomic E-state index is 0.0494. The highest BCUT2D eigenvalue weighted by atomic mass is 16.5. The Balaban J connectivity index is 1.48. The molecule has 3 saturated heterocycles. The van der Waals surface area contributed by atoms with E-state index in [9.17, 15) is 9.59 Å². The molecule has 2 atom stereocenters. The van der Waals surface area contributed by atoms with E-state index in [1.807, 2.05) is 11.1 Å². The predicted molar refractivity (Wildman–Crippen MR) is 108 cm³/mol. The van der Waals surface area contributed by atoms with Gasteiger partial charge in [0.25, 0.3) is 0 Å². The summed E-state index contributed by atoms with van der Waals surface area (Å²) in [6.45, 7) is 3.83. The number of ether oxygens (including phenoxy) is 1. The van der Waals surface area contributed by atoms with Crippen molar-refractivity contribution in [1.29, 1.82) is 0 Å². The van der Waals surface area contributed by atoms with E-state index >= 15 is 0 Å². The summed E-state index contributed by atoms with van der Waals surface area (Å²) in [5.74, 6) is 0.296. The number of nitrogens with one attached hydrogen (secondary N) is 2. The summed E-state index contributed by atoms with van der Waals surface area (Å²) in [7, 11) is 2.09. The molecule has 0 spiro atoms. The number of H-pyrrole nitrogens is 1. The van der Waals surface area contributed by atoms with Crippen LogP contribution in [0.25, 0.3) is 0 Å². The quantitative estimate of drug-likeness (QED) is 0.764. The van der Waals surface area contributed by atoms with Crippen LogP contribution in [0.3, 0.4) is 0 Å². The Morgan fingerprint density at radius 3 is 2.90 bits per heavy atom. The first kappa shape index (κ1) is 20.3. The molecule has 3 aliphatic heterocycles. The molecule has 8 heteroatoms. The summed E-state index contributed by atoms with van der Waals surface area (Å²) in [6.07, 6.45) is 9.05. The zero-order chi connectivity index (χ0) is 20.3. The van der Waals surface area contributed by atoms with Gasteiger partial charge < -0.3 is 19.9 Å². The van der Waals surface area contributed by atoms with Crippen LogP contribution in [0.5, 0.6) is 0 Å². The zero-order valence-electron chi connectivity index (χ0n) is 17.4. The fourth-order valence-electron chi connectivity index (χ4n) is 5.18. The van der Waals surface area contributed by atoms with Gasteiger partial charge in [0.15, 0.2) is 0 Å². The third-order valence-electron chi connectivity index (χ3n) is 6.97. The Labute approximate surface area is 172 Å². The van der Waals surface area contributed by atoms with Gasteiger partial charge in [0.05, 0.1) is 17.7 Å². The molecule has 0 aliphatic carbocycles. The lowest BCUT2D eigenvalue weighted by molar-refractivity contribution is -0.154. The standard InChI is InChI=1S/C21H33N5O3/c1-25-10-8-21(20(28)24-17-5-11-29-12-6-17)7-2-9-26(18(21)15-25)19(27)4-3-16-13-22-23-14-16/h13-14,17-18H,2-12,15H2,1H3,(H,22,23)(H,24,28)/t18-,21+/m0/s1. The third-order valence-corrected chi connectivity index (χ3v) is 6.97. The van der Waals surface area contributed by atoms with Gasteiger partial charge in [-0.05, 0) is 57.7 Å². The number of aromatic nitrogens is 2. The summed E-state index contributed by atoms with van der Waals surface area (Å²) in [5.41, 5.74) is 0.577. The Kier molecular flexibility index (Phi) is 6.20. The SMILES string of the molecule is CN1CC[C@]2(C(=O)NC3CCOCC3)CCCN(C(=O)CCc3cn[nH]c3)[C@H]2C1. The first-order chi connectivity index (χ1) is 14.1. The van der Waals surface area contributed by atoms with Gasteiger partial charge in [-0.2, -0.15) is 5.10 Å². The lowest BCUT2D eigenvalue weighted by Crippen LogP contribution is -2.67. The number of aryl methyl sites for hydroxylation is 1. The number of hydrogen-bond donors (Lipinski definition) is 2. The van der Waals surface area contributed by atoms with Crippen LogP contribution >= 0.6 is 0 Å². The monoisotopic (exact) mass is 403 g/mol. The van der Waals surface area contributed by atoms with Crippen molar-refractivity contribution in [2.24, 2.45) is 5.41 Å². The normalized spacial score (nSPS) is 28.7. The van der Waals surface area contributed by atoms with Gasteiger partial charge in [-0.1, -0.05) is 0 Å². The number of piperidine rings is 2. The highest BCUT2D eigenvalue weighted by Crippen LogP contribution is 2.43. The number of carbonyl (C=O) groups excluding carboxylic acids is 2. The van der Waals surface area contributed by atoms with Crippen molar-refractivity contribution in [2.75, 3.05) is 39.9 Å².